The number of hydrogen-bond acceptors (Lipinski definition) is 2. The minimum absolute atomic E-state index is 0.513. The largest absolute Gasteiger partial charge is 0.380 e. The van der Waals surface area contributed by atoms with Crippen LogP contribution in [0, 0.1) is 11.8 Å². The van der Waals surface area contributed by atoms with E-state index in [4.69, 9.17) is 4.74 Å². The van der Waals surface area contributed by atoms with Gasteiger partial charge in [0.2, 0.25) is 0 Å². The average Bonchev–Trinajstić information content (AvgIpc) is 2.60. The fourth-order valence-corrected chi connectivity index (χ4v) is 3.26. The van der Waals surface area contributed by atoms with Crippen LogP contribution in [0.25, 0.3) is 0 Å². The van der Waals surface area contributed by atoms with Crippen molar-refractivity contribution in [2.45, 2.75) is 31.4 Å². The molecule has 0 N–H and O–H groups in total. The molecule has 2 aliphatic carbocycles. The Morgan fingerprint density at radius 2 is 1.83 bits per heavy atom. The molecule has 0 aromatic carbocycles. The molecule has 0 radical (unpaired) electrons. The van der Waals surface area contributed by atoms with Crippen LogP contribution in [0.15, 0.2) is 0 Å². The molecular formula is C10H19NO. The van der Waals surface area contributed by atoms with E-state index in [1.165, 1.54) is 19.3 Å². The highest BCUT2D eigenvalue weighted by Crippen LogP contribution is 2.47. The molecule has 12 heavy (non-hydrogen) atoms. The summed E-state index contributed by atoms with van der Waals surface area (Å²) in [4.78, 5) is 2.35. The molecular weight excluding hydrogens is 150 g/mol. The van der Waals surface area contributed by atoms with Crippen LogP contribution in [0.5, 0.6) is 0 Å². The van der Waals surface area contributed by atoms with Crippen molar-refractivity contribution in [2.75, 3.05) is 21.2 Å². The number of hydrogen-bond donors (Lipinski definition) is 0. The Labute approximate surface area is 74.9 Å². The lowest BCUT2D eigenvalue weighted by Crippen LogP contribution is -2.44. The van der Waals surface area contributed by atoms with Crippen molar-refractivity contribution >= 4 is 0 Å². The van der Waals surface area contributed by atoms with Gasteiger partial charge in [-0.15, -0.1) is 0 Å². The Kier molecular flexibility index (Phi) is 2.13. The van der Waals surface area contributed by atoms with Crippen LogP contribution in [0.4, 0.5) is 0 Å². The molecule has 2 rings (SSSR count). The quantitative estimate of drug-likeness (QED) is 0.619. The number of rotatable bonds is 2. The molecule has 70 valence electrons. The fraction of sp³-hybridized carbons (Fsp3) is 1.00. The Balaban J connectivity index is 2.11. The highest BCUT2D eigenvalue weighted by Gasteiger charge is 2.48. The lowest BCUT2D eigenvalue weighted by molar-refractivity contribution is -0.00170. The molecule has 0 heterocycles. The number of ether oxygens (including phenoxy) is 1. The van der Waals surface area contributed by atoms with Crippen molar-refractivity contribution in [3.05, 3.63) is 0 Å². The van der Waals surface area contributed by atoms with Gasteiger partial charge in [0.1, 0.15) is 0 Å². The van der Waals surface area contributed by atoms with Gasteiger partial charge in [0.05, 0.1) is 6.10 Å². The SMILES string of the molecule is CO[C@H]1[C@H]2CC[C@H](C2)[C@H]1N(C)C. The van der Waals surface area contributed by atoms with Gasteiger partial charge in [0.15, 0.2) is 0 Å². The third-order valence-corrected chi connectivity index (χ3v) is 3.67. The van der Waals surface area contributed by atoms with E-state index in [0.717, 1.165) is 11.8 Å². The maximum atomic E-state index is 5.58. The van der Waals surface area contributed by atoms with E-state index in [-0.39, 0.29) is 0 Å². The topological polar surface area (TPSA) is 12.5 Å². The van der Waals surface area contributed by atoms with Crippen molar-refractivity contribution in [3.63, 3.8) is 0 Å². The predicted octanol–water partition coefficient (Wildman–Crippen LogP) is 1.36. The zero-order chi connectivity index (χ0) is 8.72. The molecule has 2 fully saturated rings. The molecule has 2 saturated carbocycles. The van der Waals surface area contributed by atoms with Crippen LogP contribution in [-0.2, 0) is 4.74 Å². The van der Waals surface area contributed by atoms with E-state index in [2.05, 4.69) is 19.0 Å². The van der Waals surface area contributed by atoms with Crippen LogP contribution in [0.3, 0.4) is 0 Å². The van der Waals surface area contributed by atoms with E-state index < -0.39 is 0 Å². The smallest absolute Gasteiger partial charge is 0.0757 e. The monoisotopic (exact) mass is 169 g/mol. The molecule has 0 unspecified atom stereocenters. The zero-order valence-electron chi connectivity index (χ0n) is 8.29. The third-order valence-electron chi connectivity index (χ3n) is 3.67. The summed E-state index contributed by atoms with van der Waals surface area (Å²) >= 11 is 0. The van der Waals surface area contributed by atoms with Crippen molar-refractivity contribution in [2.24, 2.45) is 11.8 Å². The van der Waals surface area contributed by atoms with E-state index in [1.54, 1.807) is 0 Å². The third kappa shape index (κ3) is 1.09. The molecule has 2 aliphatic rings. The maximum Gasteiger partial charge on any atom is 0.0757 e. The summed E-state index contributed by atoms with van der Waals surface area (Å²) in [6, 6.07) is 0.689. The first kappa shape index (κ1) is 8.52. The highest BCUT2D eigenvalue weighted by atomic mass is 16.5. The summed E-state index contributed by atoms with van der Waals surface area (Å²) in [5, 5.41) is 0. The molecule has 0 spiro atoms. The zero-order valence-corrected chi connectivity index (χ0v) is 8.29. The molecule has 4 atom stereocenters. The summed E-state index contributed by atoms with van der Waals surface area (Å²) < 4.78 is 5.58. The molecule has 2 heteroatoms. The van der Waals surface area contributed by atoms with Crippen LogP contribution in [0.2, 0.25) is 0 Å². The predicted molar refractivity (Wildman–Crippen MR) is 49.1 cm³/mol. The number of fused-ring (bicyclic) bond motifs is 2. The van der Waals surface area contributed by atoms with Crippen molar-refractivity contribution < 1.29 is 4.74 Å². The second kappa shape index (κ2) is 3.00. The lowest BCUT2D eigenvalue weighted by atomic mass is 9.92. The molecule has 0 saturated heterocycles. The number of nitrogens with zero attached hydrogens (tertiary/aromatic N) is 1. The van der Waals surface area contributed by atoms with Crippen LogP contribution in [0.1, 0.15) is 19.3 Å². The van der Waals surface area contributed by atoms with Gasteiger partial charge in [0, 0.05) is 13.2 Å². The molecule has 0 aromatic rings. The normalized spacial score (nSPS) is 46.0. The second-order valence-corrected chi connectivity index (χ2v) is 4.49. The summed E-state index contributed by atoms with van der Waals surface area (Å²) in [6.45, 7) is 0. The molecule has 2 nitrogen and oxygen atoms in total. The van der Waals surface area contributed by atoms with Crippen LogP contribution < -0.4 is 0 Å². The van der Waals surface area contributed by atoms with E-state index >= 15 is 0 Å². The average molecular weight is 169 g/mol. The van der Waals surface area contributed by atoms with Gasteiger partial charge < -0.3 is 9.64 Å². The highest BCUT2D eigenvalue weighted by molar-refractivity contribution is 5.01. The minimum atomic E-state index is 0.513. The van der Waals surface area contributed by atoms with Crippen molar-refractivity contribution in [1.82, 2.24) is 4.90 Å². The van der Waals surface area contributed by atoms with Crippen molar-refractivity contribution in [3.8, 4) is 0 Å². The Morgan fingerprint density at radius 1 is 1.17 bits per heavy atom. The Hall–Kier alpha value is -0.0800. The van der Waals surface area contributed by atoms with Gasteiger partial charge in [-0.3, -0.25) is 0 Å². The summed E-state index contributed by atoms with van der Waals surface area (Å²) in [7, 11) is 6.22. The minimum Gasteiger partial charge on any atom is -0.380 e. The molecule has 0 aromatic heterocycles. The van der Waals surface area contributed by atoms with E-state index in [9.17, 15) is 0 Å². The molecule has 0 aliphatic heterocycles. The molecule has 2 bridgehead atoms. The first-order chi connectivity index (χ1) is 5.74. The van der Waals surface area contributed by atoms with Crippen LogP contribution >= 0.6 is 0 Å². The summed E-state index contributed by atoms with van der Waals surface area (Å²) in [5.74, 6) is 1.77. The maximum absolute atomic E-state index is 5.58. The summed E-state index contributed by atoms with van der Waals surface area (Å²) in [5.41, 5.74) is 0. The van der Waals surface area contributed by atoms with Gasteiger partial charge in [-0.25, -0.2) is 0 Å². The lowest BCUT2D eigenvalue weighted by Gasteiger charge is -2.34. The van der Waals surface area contributed by atoms with E-state index in [1.807, 2.05) is 7.11 Å². The van der Waals surface area contributed by atoms with Gasteiger partial charge in [-0.2, -0.15) is 0 Å². The van der Waals surface area contributed by atoms with Gasteiger partial charge in [0.25, 0.3) is 0 Å². The number of methoxy groups -OCH3 is 1. The van der Waals surface area contributed by atoms with Crippen molar-refractivity contribution in [1.29, 1.82) is 0 Å². The summed E-state index contributed by atoms with van der Waals surface area (Å²) in [6.07, 6.45) is 4.74. The standard InChI is InChI=1S/C10H19NO/c1-11(2)9-7-4-5-8(6-7)10(9)12-3/h7-10H,4-6H2,1-3H3/t7-,8+,9-,10+/m1/s1. The second-order valence-electron chi connectivity index (χ2n) is 4.49. The Bertz CT molecular complexity index is 169. The first-order valence-corrected chi connectivity index (χ1v) is 4.93. The number of likely N-dealkylation sites (N-methyl/N-ethyl adjacent to an activating group) is 1. The molecule has 0 amide bonds. The van der Waals surface area contributed by atoms with Crippen LogP contribution in [-0.4, -0.2) is 38.3 Å². The fourth-order valence-electron chi connectivity index (χ4n) is 3.26. The van der Waals surface area contributed by atoms with Gasteiger partial charge in [-0.05, 0) is 45.2 Å². The van der Waals surface area contributed by atoms with Gasteiger partial charge in [-0.1, -0.05) is 0 Å². The Morgan fingerprint density at radius 3 is 2.33 bits per heavy atom. The van der Waals surface area contributed by atoms with E-state index in [0.29, 0.717) is 12.1 Å². The first-order valence-electron chi connectivity index (χ1n) is 4.93. The van der Waals surface area contributed by atoms with Gasteiger partial charge >= 0.3 is 0 Å².